The first kappa shape index (κ1) is 33.7. The molecule has 15 nitrogen and oxygen atoms in total. The number of nitro groups is 1. The van der Waals surface area contributed by atoms with Gasteiger partial charge in [-0.05, 0) is 45.4 Å². The van der Waals surface area contributed by atoms with Crippen molar-refractivity contribution in [1.29, 1.82) is 0 Å². The topological polar surface area (TPSA) is 199 Å². The zero-order chi connectivity index (χ0) is 30.5. The molecule has 2 rings (SSSR count). The van der Waals surface area contributed by atoms with Crippen LogP contribution in [0, 0.1) is 16.0 Å². The molecule has 0 aromatic rings. The zero-order valence-corrected chi connectivity index (χ0v) is 24.5. The number of piperidine rings is 1. The number of rotatable bonds is 14. The molecule has 0 aliphatic carbocycles. The first-order valence-corrected chi connectivity index (χ1v) is 14.4. The molecule has 41 heavy (non-hydrogen) atoms. The number of nitrogens with zero attached hydrogens (tertiary/aromatic N) is 4. The Morgan fingerprint density at radius 3 is 2.29 bits per heavy atom. The zero-order valence-electron chi connectivity index (χ0n) is 24.5. The van der Waals surface area contributed by atoms with Crippen LogP contribution >= 0.6 is 0 Å². The van der Waals surface area contributed by atoms with Gasteiger partial charge in [0.2, 0.25) is 17.7 Å². The van der Waals surface area contributed by atoms with Crippen LogP contribution in [0.3, 0.4) is 0 Å². The van der Waals surface area contributed by atoms with E-state index in [4.69, 9.17) is 15.2 Å². The van der Waals surface area contributed by atoms with Gasteiger partial charge in [0.1, 0.15) is 17.2 Å². The van der Waals surface area contributed by atoms with E-state index in [9.17, 15) is 29.3 Å². The van der Waals surface area contributed by atoms with E-state index in [-0.39, 0.29) is 37.4 Å². The number of hydrogen-bond donors (Lipinski definition) is 3. The Morgan fingerprint density at radius 1 is 1.07 bits per heavy atom. The van der Waals surface area contributed by atoms with Gasteiger partial charge in [0.25, 0.3) is 5.96 Å². The maximum absolute atomic E-state index is 13.7. The molecule has 4 N–H and O–H groups in total. The maximum Gasteiger partial charge on any atom is 0.308 e. The molecular formula is C26H45N7O8. The fourth-order valence-electron chi connectivity index (χ4n) is 5.50. The molecule has 232 valence electrons. The van der Waals surface area contributed by atoms with Crippen molar-refractivity contribution < 1.29 is 33.7 Å². The van der Waals surface area contributed by atoms with Crippen LogP contribution < -0.4 is 16.4 Å². The lowest BCUT2D eigenvalue weighted by Crippen LogP contribution is -2.62. The summed E-state index contributed by atoms with van der Waals surface area (Å²) in [5, 5.41) is 18.9. The lowest BCUT2D eigenvalue weighted by molar-refractivity contribution is -0.486. The predicted molar refractivity (Wildman–Crippen MR) is 149 cm³/mol. The third kappa shape index (κ3) is 9.54. The third-order valence-corrected chi connectivity index (χ3v) is 7.41. The van der Waals surface area contributed by atoms with Gasteiger partial charge in [-0.25, -0.2) is 10.1 Å². The molecule has 0 radical (unpaired) electrons. The van der Waals surface area contributed by atoms with E-state index in [1.54, 1.807) is 6.92 Å². The summed E-state index contributed by atoms with van der Waals surface area (Å²) < 4.78 is 10.6. The van der Waals surface area contributed by atoms with Gasteiger partial charge in [0.15, 0.2) is 11.3 Å². The summed E-state index contributed by atoms with van der Waals surface area (Å²) in [7, 11) is 1.21. The Balaban J connectivity index is 2.21. The lowest BCUT2D eigenvalue weighted by Gasteiger charge is -2.41. The number of methoxy groups -OCH3 is 1. The molecule has 2 saturated heterocycles. The second-order valence-corrected chi connectivity index (χ2v) is 10.3. The van der Waals surface area contributed by atoms with E-state index in [1.807, 2.05) is 13.8 Å². The second-order valence-electron chi connectivity index (χ2n) is 10.3. The first-order valence-electron chi connectivity index (χ1n) is 14.4. The van der Waals surface area contributed by atoms with E-state index in [1.165, 1.54) is 16.9 Å². The highest BCUT2D eigenvalue weighted by atomic mass is 16.7. The molecule has 0 bridgehead atoms. The number of carbonyl (C=O) groups is 4. The molecule has 0 spiro atoms. The Bertz CT molecular complexity index is 956. The third-order valence-electron chi connectivity index (χ3n) is 7.41. The van der Waals surface area contributed by atoms with Crippen LogP contribution in [0.5, 0.6) is 0 Å². The van der Waals surface area contributed by atoms with E-state index in [2.05, 4.69) is 15.7 Å². The summed E-state index contributed by atoms with van der Waals surface area (Å²) in [6, 6.07) is -2.56. The van der Waals surface area contributed by atoms with Gasteiger partial charge in [-0.15, -0.1) is 0 Å². The molecule has 2 heterocycles. The summed E-state index contributed by atoms with van der Waals surface area (Å²) in [4.78, 5) is 66.1. The van der Waals surface area contributed by atoms with Gasteiger partial charge >= 0.3 is 5.97 Å². The van der Waals surface area contributed by atoms with Crippen LogP contribution in [-0.4, -0.2) is 95.6 Å². The van der Waals surface area contributed by atoms with Crippen LogP contribution in [-0.2, 0) is 28.7 Å². The van der Waals surface area contributed by atoms with Crippen molar-refractivity contribution in [1.82, 2.24) is 20.4 Å². The molecular weight excluding hydrogens is 538 g/mol. The molecule has 2 aliphatic rings. The van der Waals surface area contributed by atoms with Gasteiger partial charge in [0.05, 0.1) is 19.6 Å². The van der Waals surface area contributed by atoms with Crippen molar-refractivity contribution >= 4 is 29.7 Å². The van der Waals surface area contributed by atoms with E-state index >= 15 is 0 Å². The smallest absolute Gasteiger partial charge is 0.308 e. The fourth-order valence-corrected chi connectivity index (χ4v) is 5.50. The largest absolute Gasteiger partial charge is 0.469 e. The van der Waals surface area contributed by atoms with Crippen molar-refractivity contribution in [3.8, 4) is 0 Å². The number of hydrogen-bond acceptors (Lipinski definition) is 8. The number of amides is 3. The van der Waals surface area contributed by atoms with Crippen molar-refractivity contribution in [3.05, 3.63) is 10.1 Å². The summed E-state index contributed by atoms with van der Waals surface area (Å²) in [6.07, 6.45) is 3.82. The highest BCUT2D eigenvalue weighted by Gasteiger charge is 2.42. The molecule has 2 fully saturated rings. The number of esters is 1. The van der Waals surface area contributed by atoms with Gasteiger partial charge < -0.3 is 35.6 Å². The molecule has 3 amide bonds. The van der Waals surface area contributed by atoms with E-state index in [0.29, 0.717) is 45.1 Å². The Morgan fingerprint density at radius 2 is 1.71 bits per heavy atom. The minimum atomic E-state index is -1.17. The predicted octanol–water partition coefficient (Wildman–Crippen LogP) is 0.691. The van der Waals surface area contributed by atoms with E-state index in [0.717, 1.165) is 12.8 Å². The molecule has 0 aromatic heterocycles. The standard InChI is InChI=1S/C26H45N7O8/c1-5-10-17(11-6-2)22(35)29-19(16-21(34)40-4)24(37)31-14-9-13-20(31)23(36)28-18-12-8-15-32(25(18)41-7-3)26(27)30-33(38)39/h17-20,25H,5-16H2,1-4H3,(H2,27,30)(H,28,36)(H,29,35)/t18?,19-,20?,25?/m0/s1. The highest BCUT2D eigenvalue weighted by Crippen LogP contribution is 2.23. The average molecular weight is 584 g/mol. The fraction of sp³-hybridized carbons (Fsp3) is 0.808. The number of carbonyl (C=O) groups excluding carboxylic acids is 4. The minimum absolute atomic E-state index is 0.263. The molecule has 0 saturated carbocycles. The molecule has 3 unspecified atom stereocenters. The molecule has 2 aliphatic heterocycles. The minimum Gasteiger partial charge on any atom is -0.469 e. The highest BCUT2D eigenvalue weighted by molar-refractivity contribution is 5.95. The number of nitrogens with two attached hydrogens (primary N) is 1. The number of guanidine groups is 1. The van der Waals surface area contributed by atoms with Gasteiger partial charge in [-0.2, -0.15) is 0 Å². The SMILES string of the molecule is CCCC(CCC)C(=O)N[C@@H](CC(=O)OC)C(=O)N1CCCC1C(=O)NC1CCCN(/C(N)=N/[N+](=O)[O-])C1OCC. The average Bonchev–Trinajstić information content (AvgIpc) is 3.43. The number of ether oxygens (including phenoxy) is 2. The molecule has 4 atom stereocenters. The van der Waals surface area contributed by atoms with Gasteiger partial charge in [-0.3, -0.25) is 19.2 Å². The van der Waals surface area contributed by atoms with Gasteiger partial charge in [-0.1, -0.05) is 26.7 Å². The van der Waals surface area contributed by atoms with Crippen molar-refractivity contribution in [2.45, 2.75) is 103 Å². The molecule has 0 aromatic carbocycles. The Kier molecular flexibility index (Phi) is 13.7. The lowest BCUT2D eigenvalue weighted by atomic mass is 9.96. The summed E-state index contributed by atoms with van der Waals surface area (Å²) in [5.41, 5.74) is 5.85. The van der Waals surface area contributed by atoms with Crippen molar-refractivity contribution in [3.63, 3.8) is 0 Å². The number of nitrogens with one attached hydrogen (secondary N) is 2. The van der Waals surface area contributed by atoms with Gasteiger partial charge in [0, 0.05) is 25.6 Å². The number of hydrazone groups is 1. The summed E-state index contributed by atoms with van der Waals surface area (Å²) in [6.45, 7) is 6.62. The summed E-state index contributed by atoms with van der Waals surface area (Å²) >= 11 is 0. The van der Waals surface area contributed by atoms with Crippen LogP contribution in [0.4, 0.5) is 0 Å². The maximum atomic E-state index is 13.7. The van der Waals surface area contributed by atoms with Crippen LogP contribution in [0.15, 0.2) is 5.10 Å². The van der Waals surface area contributed by atoms with Crippen LogP contribution in [0.1, 0.15) is 78.6 Å². The summed E-state index contributed by atoms with van der Waals surface area (Å²) in [5.74, 6) is -2.51. The quantitative estimate of drug-likeness (QED) is 0.0859. The Labute approximate surface area is 240 Å². The first-order chi connectivity index (χ1) is 19.6. The van der Waals surface area contributed by atoms with Crippen LogP contribution in [0.25, 0.3) is 0 Å². The Hall–Kier alpha value is -3.49. The van der Waals surface area contributed by atoms with Crippen molar-refractivity contribution in [2.75, 3.05) is 26.8 Å². The number of likely N-dealkylation sites (tertiary alicyclic amines) is 2. The van der Waals surface area contributed by atoms with Crippen molar-refractivity contribution in [2.24, 2.45) is 16.8 Å². The normalized spacial score (nSPS) is 21.9. The van der Waals surface area contributed by atoms with E-state index < -0.39 is 47.2 Å². The monoisotopic (exact) mass is 583 g/mol. The van der Waals surface area contributed by atoms with Crippen LogP contribution in [0.2, 0.25) is 0 Å². The molecule has 15 heteroatoms. The second kappa shape index (κ2) is 16.7.